The quantitative estimate of drug-likeness (QED) is 0.865. The number of hydrogen-bond acceptors (Lipinski definition) is 6. The second-order valence-corrected chi connectivity index (χ2v) is 7.45. The van der Waals surface area contributed by atoms with Crippen LogP contribution >= 0.6 is 12.4 Å². The van der Waals surface area contributed by atoms with Crippen LogP contribution in [-0.4, -0.2) is 36.1 Å². The van der Waals surface area contributed by atoms with Gasteiger partial charge in [0, 0.05) is 30.1 Å². The molecule has 2 aliphatic rings. The highest BCUT2D eigenvalue weighted by Crippen LogP contribution is 2.43. The van der Waals surface area contributed by atoms with E-state index in [-0.39, 0.29) is 17.8 Å². The summed E-state index contributed by atoms with van der Waals surface area (Å²) in [5.41, 5.74) is 9.04. The zero-order valence-electron chi connectivity index (χ0n) is 14.6. The summed E-state index contributed by atoms with van der Waals surface area (Å²) in [7, 11) is 2.01. The van der Waals surface area contributed by atoms with E-state index in [0.29, 0.717) is 12.0 Å². The molecule has 6 nitrogen and oxygen atoms in total. The number of aryl methyl sites for hydroxylation is 1. The van der Waals surface area contributed by atoms with E-state index in [2.05, 4.69) is 34.0 Å². The number of likely N-dealkylation sites (N-methyl/N-ethyl adjacent to an activating group) is 1. The highest BCUT2D eigenvalue weighted by atomic mass is 35.5. The lowest BCUT2D eigenvalue weighted by molar-refractivity contribution is 0.345. The molecule has 0 spiro atoms. The molecular formula is C17H26ClN5O. The summed E-state index contributed by atoms with van der Waals surface area (Å²) in [4.78, 5) is 11.3. The SMILES string of the molecule is CN[C@@H]1CCN(c2nc(N)nc3c4c(oc23)C(C)(C)CCC4)C1.Cl. The largest absolute Gasteiger partial charge is 0.455 e. The van der Waals surface area contributed by atoms with E-state index in [9.17, 15) is 0 Å². The Balaban J connectivity index is 0.00000169. The van der Waals surface area contributed by atoms with Crippen molar-refractivity contribution in [3.05, 3.63) is 11.3 Å². The Bertz CT molecular complexity index is 757. The third kappa shape index (κ3) is 2.62. The van der Waals surface area contributed by atoms with Crippen molar-refractivity contribution >= 4 is 35.3 Å². The number of halogens is 1. The predicted octanol–water partition coefficient (Wildman–Crippen LogP) is 2.64. The molecule has 4 rings (SSSR count). The summed E-state index contributed by atoms with van der Waals surface area (Å²) in [6.45, 7) is 6.38. The Kier molecular flexibility index (Phi) is 4.38. The first kappa shape index (κ1) is 17.3. The van der Waals surface area contributed by atoms with Gasteiger partial charge in [-0.15, -0.1) is 12.4 Å². The van der Waals surface area contributed by atoms with Crippen molar-refractivity contribution in [3.8, 4) is 0 Å². The van der Waals surface area contributed by atoms with Crippen LogP contribution < -0.4 is 16.0 Å². The Morgan fingerprint density at radius 3 is 2.83 bits per heavy atom. The van der Waals surface area contributed by atoms with Gasteiger partial charge in [0.05, 0.1) is 0 Å². The molecule has 132 valence electrons. The number of nitrogens with one attached hydrogen (secondary N) is 1. The minimum atomic E-state index is 0. The minimum Gasteiger partial charge on any atom is -0.455 e. The van der Waals surface area contributed by atoms with Gasteiger partial charge in [0.15, 0.2) is 11.4 Å². The summed E-state index contributed by atoms with van der Waals surface area (Å²) < 4.78 is 6.33. The Morgan fingerprint density at radius 2 is 2.12 bits per heavy atom. The number of furan rings is 1. The van der Waals surface area contributed by atoms with Crippen molar-refractivity contribution in [1.29, 1.82) is 0 Å². The summed E-state index contributed by atoms with van der Waals surface area (Å²) in [6.07, 6.45) is 4.43. The van der Waals surface area contributed by atoms with E-state index in [1.165, 1.54) is 12.0 Å². The van der Waals surface area contributed by atoms with Gasteiger partial charge < -0.3 is 20.4 Å². The zero-order valence-corrected chi connectivity index (χ0v) is 15.4. The van der Waals surface area contributed by atoms with Gasteiger partial charge in [0.1, 0.15) is 11.3 Å². The lowest BCUT2D eigenvalue weighted by Crippen LogP contribution is -2.30. The number of hydrogen-bond donors (Lipinski definition) is 2. The average molecular weight is 352 g/mol. The summed E-state index contributed by atoms with van der Waals surface area (Å²) in [5, 5.41) is 3.34. The topological polar surface area (TPSA) is 80.2 Å². The molecule has 7 heteroatoms. The summed E-state index contributed by atoms with van der Waals surface area (Å²) in [5.74, 6) is 2.27. The molecular weight excluding hydrogens is 326 g/mol. The number of nitrogen functional groups attached to an aromatic ring is 1. The normalized spacial score (nSPS) is 22.5. The average Bonchev–Trinajstić information content (AvgIpc) is 3.12. The van der Waals surface area contributed by atoms with E-state index >= 15 is 0 Å². The fourth-order valence-electron chi connectivity index (χ4n) is 4.03. The Hall–Kier alpha value is -1.53. The Labute approximate surface area is 148 Å². The highest BCUT2D eigenvalue weighted by Gasteiger charge is 2.35. The molecule has 1 aliphatic heterocycles. The van der Waals surface area contributed by atoms with Crippen LogP contribution in [0.1, 0.15) is 44.4 Å². The number of fused-ring (bicyclic) bond motifs is 3. The van der Waals surface area contributed by atoms with Gasteiger partial charge in [-0.05, 0) is 32.7 Å². The van der Waals surface area contributed by atoms with Gasteiger partial charge in [-0.2, -0.15) is 4.98 Å². The number of anilines is 2. The van der Waals surface area contributed by atoms with Crippen LogP contribution in [0.25, 0.3) is 11.1 Å². The molecule has 0 saturated carbocycles. The van der Waals surface area contributed by atoms with Crippen LogP contribution in [0.2, 0.25) is 0 Å². The van der Waals surface area contributed by atoms with Crippen LogP contribution in [0.3, 0.4) is 0 Å². The second kappa shape index (κ2) is 6.08. The molecule has 24 heavy (non-hydrogen) atoms. The molecule has 1 atom stereocenters. The molecule has 0 unspecified atom stereocenters. The van der Waals surface area contributed by atoms with E-state index in [0.717, 1.165) is 55.0 Å². The number of nitrogens with zero attached hydrogens (tertiary/aromatic N) is 3. The molecule has 3 heterocycles. The van der Waals surface area contributed by atoms with Crippen LogP contribution in [0.15, 0.2) is 4.42 Å². The predicted molar refractivity (Wildman–Crippen MR) is 99.1 cm³/mol. The van der Waals surface area contributed by atoms with Gasteiger partial charge in [-0.25, -0.2) is 4.98 Å². The molecule has 0 bridgehead atoms. The van der Waals surface area contributed by atoms with Gasteiger partial charge in [-0.3, -0.25) is 0 Å². The van der Waals surface area contributed by atoms with Crippen molar-refractivity contribution < 1.29 is 4.42 Å². The molecule has 0 radical (unpaired) electrons. The first-order valence-electron chi connectivity index (χ1n) is 8.51. The lowest BCUT2D eigenvalue weighted by Gasteiger charge is -2.27. The van der Waals surface area contributed by atoms with Gasteiger partial charge in [0.25, 0.3) is 0 Å². The highest BCUT2D eigenvalue weighted by molar-refractivity contribution is 5.89. The summed E-state index contributed by atoms with van der Waals surface area (Å²) in [6, 6.07) is 0.488. The monoisotopic (exact) mass is 351 g/mol. The van der Waals surface area contributed by atoms with Crippen molar-refractivity contribution in [3.63, 3.8) is 0 Å². The van der Waals surface area contributed by atoms with E-state index < -0.39 is 0 Å². The molecule has 0 amide bonds. The fourth-order valence-corrected chi connectivity index (χ4v) is 4.03. The van der Waals surface area contributed by atoms with Crippen molar-refractivity contribution in [2.45, 2.75) is 51.0 Å². The lowest BCUT2D eigenvalue weighted by atomic mass is 9.77. The van der Waals surface area contributed by atoms with E-state index in [4.69, 9.17) is 10.2 Å². The van der Waals surface area contributed by atoms with Crippen molar-refractivity contribution in [2.75, 3.05) is 30.8 Å². The first-order chi connectivity index (χ1) is 11.0. The van der Waals surface area contributed by atoms with Crippen molar-refractivity contribution in [2.24, 2.45) is 0 Å². The van der Waals surface area contributed by atoms with Crippen LogP contribution in [0, 0.1) is 0 Å². The number of nitrogens with two attached hydrogens (primary N) is 1. The molecule has 1 aliphatic carbocycles. The third-order valence-corrected chi connectivity index (χ3v) is 5.37. The molecule has 2 aromatic heterocycles. The molecule has 2 aromatic rings. The van der Waals surface area contributed by atoms with Gasteiger partial charge in [0.2, 0.25) is 5.95 Å². The number of rotatable bonds is 2. The molecule has 0 aromatic carbocycles. The second-order valence-electron chi connectivity index (χ2n) is 7.45. The molecule has 1 saturated heterocycles. The van der Waals surface area contributed by atoms with Crippen LogP contribution in [0.5, 0.6) is 0 Å². The van der Waals surface area contributed by atoms with E-state index in [1.54, 1.807) is 0 Å². The molecule has 1 fully saturated rings. The van der Waals surface area contributed by atoms with Crippen molar-refractivity contribution in [1.82, 2.24) is 15.3 Å². The summed E-state index contributed by atoms with van der Waals surface area (Å²) >= 11 is 0. The standard InChI is InChI=1S/C17H25N5O.ClH/c1-17(2)7-4-5-11-12-13(23-14(11)17)15(21-16(18)20-12)22-8-6-10(9-22)19-3;/h10,19H,4-9H2,1-3H3,(H2,18,20,21);1H/t10-;/m1./s1. The number of aromatic nitrogens is 2. The fraction of sp³-hybridized carbons (Fsp3) is 0.647. The first-order valence-corrected chi connectivity index (χ1v) is 8.51. The molecule has 3 N–H and O–H groups in total. The minimum absolute atomic E-state index is 0. The van der Waals surface area contributed by atoms with Gasteiger partial charge in [-0.1, -0.05) is 13.8 Å². The third-order valence-electron chi connectivity index (χ3n) is 5.37. The van der Waals surface area contributed by atoms with E-state index in [1.807, 2.05) is 7.05 Å². The smallest absolute Gasteiger partial charge is 0.222 e. The maximum absolute atomic E-state index is 6.33. The maximum atomic E-state index is 6.33. The maximum Gasteiger partial charge on any atom is 0.222 e. The van der Waals surface area contributed by atoms with Crippen LogP contribution in [-0.2, 0) is 11.8 Å². The Morgan fingerprint density at radius 1 is 1.33 bits per heavy atom. The van der Waals surface area contributed by atoms with Gasteiger partial charge >= 0.3 is 0 Å². The zero-order chi connectivity index (χ0) is 16.2. The van der Waals surface area contributed by atoms with Crippen LogP contribution in [0.4, 0.5) is 11.8 Å².